The number of hydrogen-bond acceptors (Lipinski definition) is 2. The van der Waals surface area contributed by atoms with E-state index in [4.69, 9.17) is 0 Å². The first kappa shape index (κ1) is 13.3. The lowest BCUT2D eigenvalue weighted by Crippen LogP contribution is -2.26. The van der Waals surface area contributed by atoms with Gasteiger partial charge < -0.3 is 4.74 Å². The van der Waals surface area contributed by atoms with E-state index in [0.29, 0.717) is 6.42 Å². The molecule has 0 aromatic rings. The molecule has 84 valence electrons. The Hall–Kier alpha value is -0.740. The highest BCUT2D eigenvalue weighted by Crippen LogP contribution is 2.32. The van der Waals surface area contributed by atoms with Gasteiger partial charge in [-0.3, -0.25) is 4.79 Å². The molecule has 0 aliphatic heterocycles. The fraction of sp³-hybridized carbons (Fsp3) is 0.889. The van der Waals surface area contributed by atoms with Crippen molar-refractivity contribution in [3.63, 3.8) is 0 Å². The molecule has 0 aliphatic rings. The van der Waals surface area contributed by atoms with Gasteiger partial charge >= 0.3 is 12.1 Å². The first-order valence-electron chi connectivity index (χ1n) is 4.64. The molecule has 0 rings (SSSR count). The SMILES string of the molecule is CCCC(CC(=O)OCC)C(F)(F)F. The minimum atomic E-state index is -4.30. The molecule has 1 unspecified atom stereocenters. The molecule has 5 heteroatoms. The number of alkyl halides is 3. The largest absolute Gasteiger partial charge is 0.466 e. The quantitative estimate of drug-likeness (QED) is 0.655. The van der Waals surface area contributed by atoms with Crippen molar-refractivity contribution in [2.75, 3.05) is 6.61 Å². The van der Waals surface area contributed by atoms with Crippen LogP contribution in [0.5, 0.6) is 0 Å². The number of esters is 1. The van der Waals surface area contributed by atoms with Gasteiger partial charge in [0.05, 0.1) is 18.9 Å². The third kappa shape index (κ3) is 5.09. The zero-order valence-electron chi connectivity index (χ0n) is 8.36. The minimum Gasteiger partial charge on any atom is -0.466 e. The summed E-state index contributed by atoms with van der Waals surface area (Å²) in [6.07, 6.45) is -4.49. The van der Waals surface area contributed by atoms with Gasteiger partial charge in [0.25, 0.3) is 0 Å². The van der Waals surface area contributed by atoms with Gasteiger partial charge in [0.2, 0.25) is 0 Å². The van der Waals surface area contributed by atoms with E-state index in [0.717, 1.165) is 0 Å². The lowest BCUT2D eigenvalue weighted by Gasteiger charge is -2.18. The molecular weight excluding hydrogens is 197 g/mol. The predicted molar refractivity (Wildman–Crippen MR) is 45.7 cm³/mol. The lowest BCUT2D eigenvalue weighted by molar-refractivity contribution is -0.186. The number of hydrogen-bond donors (Lipinski definition) is 0. The lowest BCUT2D eigenvalue weighted by atomic mass is 9.99. The van der Waals surface area contributed by atoms with E-state index in [2.05, 4.69) is 4.74 Å². The van der Waals surface area contributed by atoms with Gasteiger partial charge in [-0.05, 0) is 13.3 Å². The second-order valence-corrected chi connectivity index (χ2v) is 3.04. The molecule has 0 heterocycles. The fourth-order valence-electron chi connectivity index (χ4n) is 1.15. The van der Waals surface area contributed by atoms with Crippen molar-refractivity contribution in [2.24, 2.45) is 5.92 Å². The molecule has 0 amide bonds. The Morgan fingerprint density at radius 2 is 1.93 bits per heavy atom. The Kier molecular flexibility index (Phi) is 5.57. The van der Waals surface area contributed by atoms with E-state index in [1.807, 2.05) is 0 Å². The zero-order valence-corrected chi connectivity index (χ0v) is 8.36. The molecule has 0 fully saturated rings. The Balaban J connectivity index is 4.16. The van der Waals surface area contributed by atoms with Crippen molar-refractivity contribution < 1.29 is 22.7 Å². The summed E-state index contributed by atoms with van der Waals surface area (Å²) in [4.78, 5) is 10.9. The van der Waals surface area contributed by atoms with Crippen LogP contribution in [0.25, 0.3) is 0 Å². The van der Waals surface area contributed by atoms with Crippen LogP contribution in [-0.4, -0.2) is 18.8 Å². The maximum Gasteiger partial charge on any atom is 0.392 e. The van der Waals surface area contributed by atoms with Crippen molar-refractivity contribution in [2.45, 2.75) is 39.3 Å². The Bertz CT molecular complexity index is 177. The molecular formula is C9H15F3O2. The first-order valence-corrected chi connectivity index (χ1v) is 4.64. The normalized spacial score (nSPS) is 13.8. The molecule has 0 N–H and O–H groups in total. The van der Waals surface area contributed by atoms with Crippen molar-refractivity contribution in [3.05, 3.63) is 0 Å². The molecule has 2 nitrogen and oxygen atoms in total. The summed E-state index contributed by atoms with van der Waals surface area (Å²) in [5.74, 6) is -2.34. The smallest absolute Gasteiger partial charge is 0.392 e. The number of rotatable bonds is 5. The van der Waals surface area contributed by atoms with Gasteiger partial charge in [-0.2, -0.15) is 13.2 Å². The average Bonchev–Trinajstić information content (AvgIpc) is 2.02. The van der Waals surface area contributed by atoms with Crippen LogP contribution in [0.4, 0.5) is 13.2 Å². The van der Waals surface area contributed by atoms with Crippen molar-refractivity contribution in [3.8, 4) is 0 Å². The number of carbonyl (C=O) groups excluding carboxylic acids is 1. The van der Waals surface area contributed by atoms with Crippen LogP contribution in [-0.2, 0) is 9.53 Å². The third-order valence-corrected chi connectivity index (χ3v) is 1.82. The highest BCUT2D eigenvalue weighted by Gasteiger charge is 2.40. The van der Waals surface area contributed by atoms with Crippen molar-refractivity contribution >= 4 is 5.97 Å². The van der Waals surface area contributed by atoms with E-state index < -0.39 is 24.5 Å². The van der Waals surface area contributed by atoms with Gasteiger partial charge in [0.1, 0.15) is 0 Å². The standard InChI is InChI=1S/C9H15F3O2/c1-3-5-7(9(10,11)12)6-8(13)14-4-2/h7H,3-6H2,1-2H3. The molecule has 0 aromatic carbocycles. The number of ether oxygens (including phenoxy) is 1. The summed E-state index contributed by atoms with van der Waals surface area (Å²) in [5.41, 5.74) is 0. The van der Waals surface area contributed by atoms with Crippen LogP contribution in [0.2, 0.25) is 0 Å². The molecule has 0 aliphatic carbocycles. The van der Waals surface area contributed by atoms with E-state index in [1.54, 1.807) is 13.8 Å². The molecule has 0 aromatic heterocycles. The topological polar surface area (TPSA) is 26.3 Å². The Labute approximate surface area is 81.4 Å². The summed E-state index contributed by atoms with van der Waals surface area (Å²) in [7, 11) is 0. The second-order valence-electron chi connectivity index (χ2n) is 3.04. The van der Waals surface area contributed by atoms with Gasteiger partial charge in [-0.15, -0.1) is 0 Å². The third-order valence-electron chi connectivity index (χ3n) is 1.82. The maximum atomic E-state index is 12.3. The van der Waals surface area contributed by atoms with Crippen LogP contribution < -0.4 is 0 Å². The van der Waals surface area contributed by atoms with Gasteiger partial charge in [-0.1, -0.05) is 13.3 Å². The predicted octanol–water partition coefficient (Wildman–Crippen LogP) is 2.92. The first-order chi connectivity index (χ1) is 6.41. The molecule has 14 heavy (non-hydrogen) atoms. The summed E-state index contributed by atoms with van der Waals surface area (Å²) in [5, 5.41) is 0. The Morgan fingerprint density at radius 1 is 1.36 bits per heavy atom. The zero-order chi connectivity index (χ0) is 11.2. The molecule has 0 saturated heterocycles. The Morgan fingerprint density at radius 3 is 2.29 bits per heavy atom. The van der Waals surface area contributed by atoms with E-state index in [1.165, 1.54) is 0 Å². The van der Waals surface area contributed by atoms with Gasteiger partial charge in [-0.25, -0.2) is 0 Å². The van der Waals surface area contributed by atoms with Gasteiger partial charge in [0.15, 0.2) is 0 Å². The van der Waals surface area contributed by atoms with Crippen LogP contribution in [0.3, 0.4) is 0 Å². The summed E-state index contributed by atoms with van der Waals surface area (Å²) >= 11 is 0. The molecule has 0 saturated carbocycles. The second kappa shape index (κ2) is 5.88. The van der Waals surface area contributed by atoms with Gasteiger partial charge in [0, 0.05) is 0 Å². The van der Waals surface area contributed by atoms with Crippen LogP contribution in [0.15, 0.2) is 0 Å². The monoisotopic (exact) mass is 212 g/mol. The highest BCUT2D eigenvalue weighted by atomic mass is 19.4. The average molecular weight is 212 g/mol. The molecule has 1 atom stereocenters. The highest BCUT2D eigenvalue weighted by molar-refractivity contribution is 5.69. The summed E-state index contributed by atoms with van der Waals surface area (Å²) in [6, 6.07) is 0. The minimum absolute atomic E-state index is 0.0255. The summed E-state index contributed by atoms with van der Waals surface area (Å²) < 4.78 is 41.4. The fourth-order valence-corrected chi connectivity index (χ4v) is 1.15. The van der Waals surface area contributed by atoms with E-state index >= 15 is 0 Å². The van der Waals surface area contributed by atoms with Crippen molar-refractivity contribution in [1.29, 1.82) is 0 Å². The summed E-state index contributed by atoms with van der Waals surface area (Å²) in [6.45, 7) is 3.35. The van der Waals surface area contributed by atoms with E-state index in [-0.39, 0.29) is 13.0 Å². The van der Waals surface area contributed by atoms with E-state index in [9.17, 15) is 18.0 Å². The number of halogens is 3. The number of carbonyl (C=O) groups is 1. The van der Waals surface area contributed by atoms with Crippen LogP contribution in [0.1, 0.15) is 33.1 Å². The molecule has 0 bridgehead atoms. The van der Waals surface area contributed by atoms with Crippen LogP contribution >= 0.6 is 0 Å². The maximum absolute atomic E-state index is 12.3. The molecule has 0 spiro atoms. The van der Waals surface area contributed by atoms with Crippen LogP contribution in [0, 0.1) is 5.92 Å². The molecule has 0 radical (unpaired) electrons. The van der Waals surface area contributed by atoms with Crippen molar-refractivity contribution in [1.82, 2.24) is 0 Å².